The van der Waals surface area contributed by atoms with Crippen LogP contribution in [-0.4, -0.2) is 30.3 Å². The third-order valence-corrected chi connectivity index (χ3v) is 13.2. The molecule has 0 spiro atoms. The van der Waals surface area contributed by atoms with Crippen LogP contribution in [0.25, 0.3) is 0 Å². The lowest BCUT2D eigenvalue weighted by molar-refractivity contribution is -0.143. The molecule has 4 aromatic rings. The lowest BCUT2D eigenvalue weighted by atomic mass is 10.2. The molecule has 0 N–H and O–H groups in total. The Morgan fingerprint density at radius 2 is 0.608 bits per heavy atom. The molecule has 0 unspecified atom stereocenters. The molecule has 0 saturated carbocycles. The minimum Gasteiger partial charge on any atom is -0.344 e. The van der Waals surface area contributed by atoms with Gasteiger partial charge in [-0.05, 0) is 99.4 Å². The summed E-state index contributed by atoms with van der Waals surface area (Å²) in [6.07, 6.45) is -20.1. The Bertz CT molecular complexity index is 1520. The summed E-state index contributed by atoms with van der Waals surface area (Å²) in [5, 5.41) is 1.60. The van der Waals surface area contributed by atoms with E-state index in [1.165, 1.54) is 48.5 Å². The number of rotatable bonds is 8. The van der Waals surface area contributed by atoms with E-state index in [9.17, 15) is 52.7 Å². The monoisotopic (exact) mass is 770 g/mol. The van der Waals surface area contributed by atoms with Gasteiger partial charge in [-0.25, -0.2) is 0 Å². The Morgan fingerprint density at radius 1 is 0.412 bits per heavy atom. The quantitative estimate of drug-likeness (QED) is 0.131. The Balaban J connectivity index is 1.53. The van der Waals surface area contributed by atoms with E-state index in [-0.39, 0.29) is 12.3 Å². The number of halogens is 12. The van der Waals surface area contributed by atoms with Crippen LogP contribution in [0, 0.1) is 0 Å². The first kappa shape index (κ1) is 39.0. The second-order valence-corrected chi connectivity index (χ2v) is 16.6. The molecule has 0 amide bonds. The average molecular weight is 771 g/mol. The average Bonchev–Trinajstić information content (AvgIpc) is 3.33. The first-order valence-corrected chi connectivity index (χ1v) is 18.2. The maximum Gasteiger partial charge on any atom is 0.416 e. The second-order valence-electron chi connectivity index (χ2n) is 12.1. The van der Waals surface area contributed by atoms with Gasteiger partial charge in [-0.1, -0.05) is 48.5 Å². The zero-order valence-corrected chi connectivity index (χ0v) is 28.3. The zero-order chi connectivity index (χ0) is 37.6. The minimum atomic E-state index is -4.64. The molecule has 0 aromatic heterocycles. The lowest BCUT2D eigenvalue weighted by Gasteiger charge is -2.28. The molecular weight excluding hydrogens is 742 g/mol. The number of hydrogen-bond donors (Lipinski definition) is 0. The number of alkyl halides is 12. The Kier molecular flexibility index (Phi) is 11.0. The molecule has 0 aliphatic carbocycles. The van der Waals surface area contributed by atoms with Crippen LogP contribution in [0.5, 0.6) is 0 Å². The molecule has 0 bridgehead atoms. The summed E-state index contributed by atoms with van der Waals surface area (Å²) in [5.74, 6) is -1.24. The molecular formula is C35H28F12O2P2. The lowest BCUT2D eigenvalue weighted by Crippen LogP contribution is -2.33. The van der Waals surface area contributed by atoms with Crippen molar-refractivity contribution in [1.82, 2.24) is 0 Å². The second kappa shape index (κ2) is 14.3. The van der Waals surface area contributed by atoms with Gasteiger partial charge in [0, 0.05) is 12.3 Å². The Labute approximate surface area is 287 Å². The normalized spacial score (nSPS) is 18.5. The van der Waals surface area contributed by atoms with Crippen LogP contribution < -0.4 is 21.2 Å². The fourth-order valence-electron chi connectivity index (χ4n) is 5.62. The van der Waals surface area contributed by atoms with Crippen LogP contribution in [0.4, 0.5) is 52.7 Å². The molecule has 0 radical (unpaired) electrons. The van der Waals surface area contributed by atoms with Crippen molar-refractivity contribution in [2.45, 2.75) is 56.5 Å². The molecule has 1 heterocycles. The van der Waals surface area contributed by atoms with E-state index in [1.54, 1.807) is 13.8 Å². The van der Waals surface area contributed by atoms with Crippen molar-refractivity contribution >= 4 is 37.1 Å². The van der Waals surface area contributed by atoms with Gasteiger partial charge in [0.15, 0.2) is 5.79 Å². The highest BCUT2D eigenvalue weighted by atomic mass is 31.1. The van der Waals surface area contributed by atoms with Crippen LogP contribution in [0.2, 0.25) is 0 Å². The summed E-state index contributed by atoms with van der Waals surface area (Å²) in [5.41, 5.74) is -3.70. The zero-order valence-electron chi connectivity index (χ0n) is 26.6. The van der Waals surface area contributed by atoms with Crippen molar-refractivity contribution in [2.75, 3.05) is 12.3 Å². The molecule has 5 rings (SSSR count). The highest BCUT2D eigenvalue weighted by Gasteiger charge is 2.44. The Morgan fingerprint density at radius 3 is 0.784 bits per heavy atom. The van der Waals surface area contributed by atoms with Crippen molar-refractivity contribution in [3.8, 4) is 0 Å². The highest BCUT2D eigenvalue weighted by Crippen LogP contribution is 2.46. The summed E-state index contributed by atoms with van der Waals surface area (Å²) >= 11 is 0. The molecule has 1 fully saturated rings. The van der Waals surface area contributed by atoms with E-state index >= 15 is 0 Å². The fourth-order valence-corrected chi connectivity index (χ4v) is 10.4. The van der Waals surface area contributed by atoms with Crippen molar-refractivity contribution in [3.63, 3.8) is 0 Å². The molecule has 2 nitrogen and oxygen atoms in total. The maximum atomic E-state index is 13.4. The topological polar surface area (TPSA) is 18.5 Å². The van der Waals surface area contributed by atoms with E-state index < -0.39 is 80.8 Å². The van der Waals surface area contributed by atoms with E-state index in [4.69, 9.17) is 9.47 Å². The van der Waals surface area contributed by atoms with Gasteiger partial charge in [0.25, 0.3) is 0 Å². The molecule has 1 saturated heterocycles. The first-order valence-electron chi connectivity index (χ1n) is 15.1. The first-order chi connectivity index (χ1) is 23.5. The van der Waals surface area contributed by atoms with E-state index in [0.29, 0.717) is 21.2 Å². The van der Waals surface area contributed by atoms with Crippen molar-refractivity contribution in [3.05, 3.63) is 119 Å². The largest absolute Gasteiger partial charge is 0.416 e. The van der Waals surface area contributed by atoms with Gasteiger partial charge in [-0.15, -0.1) is 0 Å². The van der Waals surface area contributed by atoms with Crippen molar-refractivity contribution in [1.29, 1.82) is 0 Å². The van der Waals surface area contributed by atoms with E-state index in [1.807, 2.05) is 0 Å². The fraction of sp³-hybridized carbons (Fsp3) is 0.314. The molecule has 51 heavy (non-hydrogen) atoms. The molecule has 2 atom stereocenters. The number of benzene rings is 4. The summed E-state index contributed by atoms with van der Waals surface area (Å²) in [4.78, 5) is 0. The minimum absolute atomic E-state index is 0.0589. The summed E-state index contributed by atoms with van der Waals surface area (Å²) in [7, 11) is -3.35. The smallest absolute Gasteiger partial charge is 0.344 e. The predicted molar refractivity (Wildman–Crippen MR) is 172 cm³/mol. The van der Waals surface area contributed by atoms with Gasteiger partial charge >= 0.3 is 24.7 Å². The third-order valence-electron chi connectivity index (χ3n) is 8.04. The van der Waals surface area contributed by atoms with Crippen LogP contribution >= 0.6 is 15.8 Å². The molecule has 1 aliphatic heterocycles. The molecule has 274 valence electrons. The molecule has 4 aromatic carbocycles. The predicted octanol–water partition coefficient (Wildman–Crippen LogP) is 9.85. The van der Waals surface area contributed by atoms with E-state index in [0.717, 1.165) is 48.5 Å². The van der Waals surface area contributed by atoms with Gasteiger partial charge < -0.3 is 9.47 Å². The number of ether oxygens (including phenoxy) is 2. The van der Waals surface area contributed by atoms with Crippen LogP contribution in [-0.2, 0) is 34.2 Å². The van der Waals surface area contributed by atoms with E-state index in [2.05, 4.69) is 0 Å². The Hall–Kier alpha value is -3.18. The van der Waals surface area contributed by atoms with Crippen LogP contribution in [0.1, 0.15) is 36.1 Å². The standard InChI is InChI=1S/C35H28F12O2P2/c1-31(2)48-29(19-50(25-11-3-21(4-12-25)32(36,37)38)26-13-5-22(6-14-26)33(39,40)41)30(49-31)20-51(27-15-7-23(8-16-27)34(42,43)44)28-17-9-24(10-18-28)35(45,46)47/h3-18,29-30H,19-20H2,1-2H3/t29-,30-/m1/s1. The maximum absolute atomic E-state index is 13.4. The van der Waals surface area contributed by atoms with Gasteiger partial charge in [-0.3, -0.25) is 0 Å². The van der Waals surface area contributed by atoms with Crippen molar-refractivity contribution in [2.24, 2.45) is 0 Å². The highest BCUT2D eigenvalue weighted by molar-refractivity contribution is 7.73. The SMILES string of the molecule is CC1(C)O[C@H](CP(c2ccc(C(F)(F)F)cc2)c2ccc(C(F)(F)F)cc2)[C@@H](CP(c2ccc(C(F)(F)F)cc2)c2ccc(C(F)(F)F)cc2)O1. The van der Waals surface area contributed by atoms with Crippen LogP contribution in [0.15, 0.2) is 97.1 Å². The summed E-state index contributed by atoms with van der Waals surface area (Å²) in [6.45, 7) is 3.19. The van der Waals surface area contributed by atoms with Gasteiger partial charge in [-0.2, -0.15) is 52.7 Å². The van der Waals surface area contributed by atoms with Crippen LogP contribution in [0.3, 0.4) is 0 Å². The summed E-state index contributed by atoms with van der Waals surface area (Å²) in [6, 6.07) is 17.0. The number of hydrogen-bond acceptors (Lipinski definition) is 2. The molecule has 1 aliphatic rings. The summed E-state index contributed by atoms with van der Waals surface area (Å²) < 4.78 is 173. The van der Waals surface area contributed by atoms with Crippen molar-refractivity contribution < 1.29 is 62.2 Å². The van der Waals surface area contributed by atoms with Gasteiger partial charge in [0.1, 0.15) is 0 Å². The third kappa shape index (κ3) is 9.63. The molecule has 16 heteroatoms. The van der Waals surface area contributed by atoms with Gasteiger partial charge in [0.05, 0.1) is 34.5 Å². The van der Waals surface area contributed by atoms with Gasteiger partial charge in [0.2, 0.25) is 0 Å².